The van der Waals surface area contributed by atoms with Crippen LogP contribution >= 0.6 is 10.2 Å². The number of para-hydroxylation sites is 1. The number of halogens is 8. The second-order valence-electron chi connectivity index (χ2n) is 7.61. The van der Waals surface area contributed by atoms with Crippen molar-refractivity contribution in [2.24, 2.45) is 0 Å². The Bertz CT molecular complexity index is 1290. The van der Waals surface area contributed by atoms with E-state index >= 15 is 0 Å². The minimum atomic E-state index is -10.1. The lowest BCUT2D eigenvalue weighted by atomic mass is 9.87. The molecule has 6 nitrogen and oxygen atoms in total. The van der Waals surface area contributed by atoms with Gasteiger partial charge in [-0.25, -0.2) is 0 Å². The number of benzene rings is 2. The first-order valence-electron chi connectivity index (χ1n) is 9.68. The molecule has 2 N–H and O–H groups in total. The van der Waals surface area contributed by atoms with Crippen LogP contribution < -0.4 is 14.8 Å². The van der Waals surface area contributed by atoms with Crippen LogP contribution in [0.5, 0.6) is 11.5 Å². The van der Waals surface area contributed by atoms with Gasteiger partial charge in [0.2, 0.25) is 5.91 Å². The van der Waals surface area contributed by atoms with E-state index in [0.29, 0.717) is 11.6 Å². The maximum atomic E-state index is 13.3. The monoisotopic (exact) mass is 529 g/mol. The van der Waals surface area contributed by atoms with Gasteiger partial charge in [0, 0.05) is 29.7 Å². The van der Waals surface area contributed by atoms with E-state index in [-0.39, 0.29) is 29.4 Å². The number of nitrogens with one attached hydrogen (secondary N) is 2. The zero-order valence-corrected chi connectivity index (χ0v) is 18.0. The molecule has 1 aromatic heterocycles. The van der Waals surface area contributed by atoms with E-state index < -0.39 is 51.4 Å². The standard InChI is InChI=1S/C20H15F8N3O3S/c21-20(22,23)34-16-7-11(13-8-18(32)30-19-14(13)9-29-31-19)5-6-12(16)10-33-15-3-1-2-4-17(15)35(24,25,26,27)28/h1-7,9,13H,8,10H2,(H2,29,30,31,32). The number of carbonyl (C=O) groups is 1. The normalized spacial score (nSPS) is 18.2. The van der Waals surface area contributed by atoms with Crippen molar-refractivity contribution in [2.75, 3.05) is 5.32 Å². The van der Waals surface area contributed by atoms with E-state index in [0.717, 1.165) is 24.3 Å². The number of alkyl halides is 3. The summed E-state index contributed by atoms with van der Waals surface area (Å²) in [6.45, 7) is -0.946. The number of hydrogen-bond donors (Lipinski definition) is 2. The van der Waals surface area contributed by atoms with Crippen molar-refractivity contribution in [1.82, 2.24) is 10.2 Å². The number of H-pyrrole nitrogens is 1. The van der Waals surface area contributed by atoms with Crippen LogP contribution in [0.3, 0.4) is 0 Å². The number of amides is 1. The summed E-state index contributed by atoms with van der Waals surface area (Å²) in [6, 6.07) is 5.88. The number of ether oxygens (including phenoxy) is 2. The minimum absolute atomic E-state index is 0.120. The van der Waals surface area contributed by atoms with E-state index in [1.807, 2.05) is 0 Å². The molecule has 35 heavy (non-hydrogen) atoms. The predicted molar refractivity (Wildman–Crippen MR) is 109 cm³/mol. The summed E-state index contributed by atoms with van der Waals surface area (Å²) < 4.78 is 115. The summed E-state index contributed by atoms with van der Waals surface area (Å²) in [5.74, 6) is -3.01. The third kappa shape index (κ3) is 5.61. The van der Waals surface area contributed by atoms with E-state index in [9.17, 15) is 37.4 Å². The van der Waals surface area contributed by atoms with Crippen LogP contribution in [0.1, 0.15) is 29.0 Å². The van der Waals surface area contributed by atoms with Gasteiger partial charge in [-0.05, 0) is 23.8 Å². The fraction of sp³-hybridized carbons (Fsp3) is 0.200. The van der Waals surface area contributed by atoms with E-state index in [4.69, 9.17) is 4.74 Å². The summed E-state index contributed by atoms with van der Waals surface area (Å²) in [4.78, 5) is 9.66. The zero-order chi connectivity index (χ0) is 25.7. The Balaban J connectivity index is 1.68. The number of anilines is 1. The molecule has 0 spiro atoms. The third-order valence-electron chi connectivity index (χ3n) is 5.06. The van der Waals surface area contributed by atoms with Gasteiger partial charge in [0.05, 0.1) is 0 Å². The van der Waals surface area contributed by atoms with Crippen LogP contribution in [0.15, 0.2) is 53.6 Å². The number of fused-ring (bicyclic) bond motifs is 1. The molecule has 0 saturated heterocycles. The Morgan fingerprint density at radius 3 is 2.43 bits per heavy atom. The first-order valence-corrected chi connectivity index (χ1v) is 11.6. The Hall–Kier alpha value is -3.49. The molecule has 1 aliphatic heterocycles. The van der Waals surface area contributed by atoms with Gasteiger partial charge < -0.3 is 14.8 Å². The fourth-order valence-electron chi connectivity index (χ4n) is 3.61. The minimum Gasteiger partial charge on any atom is -0.487 e. The van der Waals surface area contributed by atoms with Gasteiger partial charge in [0.25, 0.3) is 0 Å². The van der Waals surface area contributed by atoms with Gasteiger partial charge in [-0.15, -0.1) is 13.2 Å². The van der Waals surface area contributed by atoms with Crippen LogP contribution in [0.25, 0.3) is 0 Å². The Morgan fingerprint density at radius 1 is 1.03 bits per heavy atom. The third-order valence-corrected chi connectivity index (χ3v) is 6.23. The molecule has 190 valence electrons. The first-order chi connectivity index (χ1) is 16.0. The van der Waals surface area contributed by atoms with Crippen molar-refractivity contribution in [3.05, 3.63) is 65.4 Å². The molecule has 0 saturated carbocycles. The lowest BCUT2D eigenvalue weighted by Gasteiger charge is -2.41. The summed E-state index contributed by atoms with van der Waals surface area (Å²) in [5, 5.41) is 8.89. The SMILES string of the molecule is O=C1CC(c2ccc(COc3ccccc3S(F)(F)(F)(F)F)c(OC(F)(F)F)c2)c2c[nH]nc2N1. The molecule has 0 fully saturated rings. The number of hydrogen-bond acceptors (Lipinski definition) is 4. The van der Waals surface area contributed by atoms with E-state index in [2.05, 4.69) is 20.3 Å². The largest absolute Gasteiger partial charge is 0.573 e. The molecule has 0 radical (unpaired) electrons. The average molecular weight is 529 g/mol. The molecule has 1 aliphatic rings. The highest BCUT2D eigenvalue weighted by Crippen LogP contribution is 3.03. The van der Waals surface area contributed by atoms with Crippen LogP contribution in [0, 0.1) is 0 Å². The summed E-state index contributed by atoms with van der Waals surface area (Å²) in [6.07, 6.45) is -3.84. The number of rotatable bonds is 6. The summed E-state index contributed by atoms with van der Waals surface area (Å²) in [7, 11) is -10.1. The molecule has 4 rings (SSSR count). The van der Waals surface area contributed by atoms with Crippen molar-refractivity contribution >= 4 is 21.9 Å². The second kappa shape index (κ2) is 7.50. The maximum Gasteiger partial charge on any atom is 0.573 e. The van der Waals surface area contributed by atoms with Gasteiger partial charge in [-0.2, -0.15) is 5.10 Å². The number of carbonyl (C=O) groups excluding carboxylic acids is 1. The van der Waals surface area contributed by atoms with Crippen LogP contribution in [-0.2, 0) is 11.4 Å². The van der Waals surface area contributed by atoms with E-state index in [1.54, 1.807) is 0 Å². The lowest BCUT2D eigenvalue weighted by molar-refractivity contribution is -0.275. The summed E-state index contributed by atoms with van der Waals surface area (Å²) in [5.41, 5.74) is 0.352. The van der Waals surface area contributed by atoms with Gasteiger partial charge in [0.1, 0.15) is 23.0 Å². The molecule has 0 bridgehead atoms. The van der Waals surface area contributed by atoms with Crippen molar-refractivity contribution in [1.29, 1.82) is 0 Å². The lowest BCUT2D eigenvalue weighted by Crippen LogP contribution is -2.23. The highest BCUT2D eigenvalue weighted by molar-refractivity contribution is 8.45. The van der Waals surface area contributed by atoms with Crippen LogP contribution in [-0.4, -0.2) is 22.5 Å². The Labute approximate surface area is 191 Å². The zero-order valence-electron chi connectivity index (χ0n) is 17.2. The average Bonchev–Trinajstić information content (AvgIpc) is 3.18. The quantitative estimate of drug-likeness (QED) is 0.337. The highest BCUT2D eigenvalue weighted by Gasteiger charge is 2.67. The number of aromatic amines is 1. The van der Waals surface area contributed by atoms with Gasteiger partial charge in [-0.1, -0.05) is 43.7 Å². The maximum absolute atomic E-state index is 13.3. The van der Waals surface area contributed by atoms with E-state index in [1.165, 1.54) is 12.3 Å². The molecular formula is C20H15F8N3O3S. The van der Waals surface area contributed by atoms with Crippen molar-refractivity contribution in [3.63, 3.8) is 0 Å². The number of nitrogens with zero attached hydrogens (tertiary/aromatic N) is 1. The Kier molecular flexibility index (Phi) is 5.28. The molecule has 1 amide bonds. The molecule has 0 aliphatic carbocycles. The van der Waals surface area contributed by atoms with Gasteiger partial charge >= 0.3 is 16.6 Å². The molecular weight excluding hydrogens is 514 g/mol. The number of aromatic nitrogens is 2. The first kappa shape index (κ1) is 24.6. The molecule has 1 atom stereocenters. The van der Waals surface area contributed by atoms with Crippen LogP contribution in [0.4, 0.5) is 38.4 Å². The van der Waals surface area contributed by atoms with Crippen molar-refractivity contribution in [3.8, 4) is 11.5 Å². The molecule has 2 heterocycles. The van der Waals surface area contributed by atoms with Crippen LogP contribution in [0.2, 0.25) is 0 Å². The smallest absolute Gasteiger partial charge is 0.487 e. The van der Waals surface area contributed by atoms with Gasteiger partial charge in [-0.3, -0.25) is 9.89 Å². The fourth-order valence-corrected chi connectivity index (χ4v) is 4.45. The van der Waals surface area contributed by atoms with Crippen molar-refractivity contribution < 1.29 is 46.9 Å². The van der Waals surface area contributed by atoms with Crippen molar-refractivity contribution in [2.45, 2.75) is 30.2 Å². The Morgan fingerprint density at radius 2 is 1.74 bits per heavy atom. The highest BCUT2D eigenvalue weighted by atomic mass is 32.5. The molecule has 15 heteroatoms. The molecule has 2 aromatic carbocycles. The second-order valence-corrected chi connectivity index (χ2v) is 9.99. The molecule has 1 unspecified atom stereocenters. The predicted octanol–water partition coefficient (Wildman–Crippen LogP) is 7.02. The van der Waals surface area contributed by atoms with Gasteiger partial charge in [0.15, 0.2) is 5.82 Å². The topological polar surface area (TPSA) is 76.2 Å². The molecule has 3 aromatic rings. The summed E-state index contributed by atoms with van der Waals surface area (Å²) >= 11 is 0.